The van der Waals surface area contributed by atoms with Gasteiger partial charge in [0, 0.05) is 24.3 Å². The predicted molar refractivity (Wildman–Crippen MR) is 78.7 cm³/mol. The van der Waals surface area contributed by atoms with Gasteiger partial charge in [0.2, 0.25) is 0 Å². The number of piperidine rings is 1. The minimum absolute atomic E-state index is 0.182. The van der Waals surface area contributed by atoms with Crippen LogP contribution < -0.4 is 10.6 Å². The molecule has 0 unspecified atom stereocenters. The van der Waals surface area contributed by atoms with Gasteiger partial charge in [0.25, 0.3) is 0 Å². The number of para-hydroxylation sites is 1. The third kappa shape index (κ3) is 3.00. The first-order chi connectivity index (χ1) is 9.13. The lowest BCUT2D eigenvalue weighted by molar-refractivity contribution is 0.311. The summed E-state index contributed by atoms with van der Waals surface area (Å²) in [5, 5.41) is 12.0. The molecule has 0 amide bonds. The van der Waals surface area contributed by atoms with Crippen LogP contribution in [0.4, 0.5) is 5.69 Å². The van der Waals surface area contributed by atoms with Crippen LogP contribution in [0.2, 0.25) is 0 Å². The summed E-state index contributed by atoms with van der Waals surface area (Å²) in [4.78, 5) is 2.34. The highest BCUT2D eigenvalue weighted by Gasteiger charge is 2.23. The minimum atomic E-state index is 0.182. The van der Waals surface area contributed by atoms with Gasteiger partial charge in [-0.3, -0.25) is 0 Å². The van der Waals surface area contributed by atoms with Crippen LogP contribution in [0.25, 0.3) is 0 Å². The van der Waals surface area contributed by atoms with Gasteiger partial charge in [-0.2, -0.15) is 0 Å². The normalized spacial score (nSPS) is 18.1. The van der Waals surface area contributed by atoms with Gasteiger partial charge in [-0.1, -0.05) is 31.1 Å². The lowest BCUT2D eigenvalue weighted by Crippen LogP contribution is -2.36. The zero-order valence-corrected chi connectivity index (χ0v) is 11.7. The van der Waals surface area contributed by atoms with Crippen molar-refractivity contribution in [2.45, 2.75) is 26.7 Å². The fourth-order valence-electron chi connectivity index (χ4n) is 2.83. The maximum absolute atomic E-state index is 8.87. The molecule has 1 aliphatic heterocycles. The van der Waals surface area contributed by atoms with Crippen LogP contribution in [0, 0.1) is 11.8 Å². The molecule has 1 saturated heterocycles. The molecule has 0 atom stereocenters. The predicted octanol–water partition coefficient (Wildman–Crippen LogP) is 2.65. The zero-order valence-electron chi connectivity index (χ0n) is 11.7. The van der Waals surface area contributed by atoms with E-state index < -0.39 is 0 Å². The molecule has 4 nitrogen and oxygen atoms in total. The molecule has 104 valence electrons. The van der Waals surface area contributed by atoms with Gasteiger partial charge >= 0.3 is 0 Å². The van der Waals surface area contributed by atoms with E-state index in [4.69, 9.17) is 10.9 Å². The van der Waals surface area contributed by atoms with Crippen LogP contribution in [-0.4, -0.2) is 24.1 Å². The van der Waals surface area contributed by atoms with Crippen molar-refractivity contribution in [3.05, 3.63) is 29.8 Å². The summed E-state index contributed by atoms with van der Waals surface area (Å²) < 4.78 is 0. The van der Waals surface area contributed by atoms with E-state index in [1.807, 2.05) is 24.3 Å². The average molecular weight is 261 g/mol. The second-order valence-electron chi connectivity index (χ2n) is 5.57. The molecule has 1 aromatic carbocycles. The Morgan fingerprint density at radius 1 is 1.32 bits per heavy atom. The molecule has 4 heteroatoms. The van der Waals surface area contributed by atoms with Gasteiger partial charge in [0.15, 0.2) is 5.84 Å². The van der Waals surface area contributed by atoms with Crippen molar-refractivity contribution in [1.82, 2.24) is 0 Å². The van der Waals surface area contributed by atoms with E-state index in [9.17, 15) is 0 Å². The van der Waals surface area contributed by atoms with E-state index in [-0.39, 0.29) is 5.84 Å². The number of nitrogens with two attached hydrogens (primary N) is 1. The summed E-state index contributed by atoms with van der Waals surface area (Å²) in [6.07, 6.45) is 2.42. The molecule has 0 bridgehead atoms. The van der Waals surface area contributed by atoms with Crippen LogP contribution in [0.15, 0.2) is 29.4 Å². The maximum atomic E-state index is 8.87. The van der Waals surface area contributed by atoms with E-state index in [2.05, 4.69) is 23.9 Å². The molecule has 1 aromatic rings. The molecular formula is C15H23N3O. The van der Waals surface area contributed by atoms with Crippen LogP contribution >= 0.6 is 0 Å². The smallest absolute Gasteiger partial charge is 0.172 e. The Labute approximate surface area is 114 Å². The third-order valence-corrected chi connectivity index (χ3v) is 4.11. The second-order valence-corrected chi connectivity index (χ2v) is 5.57. The summed E-state index contributed by atoms with van der Waals surface area (Å²) in [7, 11) is 0. The quantitative estimate of drug-likeness (QED) is 0.380. The second kappa shape index (κ2) is 5.95. The standard InChI is InChI=1S/C15H23N3O/c1-11(2)12-7-9-18(10-8-12)14-6-4-3-5-13(14)15(16)17-19/h3-6,11-12,19H,7-10H2,1-2H3,(H2,16,17). The van der Waals surface area contributed by atoms with Crippen LogP contribution in [0.5, 0.6) is 0 Å². The molecule has 0 spiro atoms. The highest BCUT2D eigenvalue weighted by Crippen LogP contribution is 2.29. The highest BCUT2D eigenvalue weighted by atomic mass is 16.4. The largest absolute Gasteiger partial charge is 0.409 e. The van der Waals surface area contributed by atoms with E-state index in [0.717, 1.165) is 36.2 Å². The van der Waals surface area contributed by atoms with Crippen molar-refractivity contribution < 1.29 is 5.21 Å². The van der Waals surface area contributed by atoms with Gasteiger partial charge in [0.05, 0.1) is 0 Å². The summed E-state index contributed by atoms with van der Waals surface area (Å²) in [6, 6.07) is 7.86. The van der Waals surface area contributed by atoms with E-state index in [1.165, 1.54) is 12.8 Å². The van der Waals surface area contributed by atoms with Crippen molar-refractivity contribution >= 4 is 11.5 Å². The number of nitrogens with zero attached hydrogens (tertiary/aromatic N) is 2. The Balaban J connectivity index is 2.16. The third-order valence-electron chi connectivity index (χ3n) is 4.11. The van der Waals surface area contributed by atoms with Crippen molar-refractivity contribution in [2.75, 3.05) is 18.0 Å². The molecular weight excluding hydrogens is 238 g/mol. The molecule has 1 aliphatic rings. The Morgan fingerprint density at radius 3 is 2.53 bits per heavy atom. The zero-order chi connectivity index (χ0) is 13.8. The summed E-state index contributed by atoms with van der Waals surface area (Å²) in [5.74, 6) is 1.75. The molecule has 0 radical (unpaired) electrons. The minimum Gasteiger partial charge on any atom is -0.409 e. The first-order valence-electron chi connectivity index (χ1n) is 6.95. The lowest BCUT2D eigenvalue weighted by Gasteiger charge is -2.36. The van der Waals surface area contributed by atoms with Crippen LogP contribution in [0.3, 0.4) is 0 Å². The maximum Gasteiger partial charge on any atom is 0.172 e. The van der Waals surface area contributed by atoms with E-state index in [1.54, 1.807) is 0 Å². The fourth-order valence-corrected chi connectivity index (χ4v) is 2.83. The molecule has 2 rings (SSSR count). The number of rotatable bonds is 3. The first kappa shape index (κ1) is 13.7. The average Bonchev–Trinajstić information content (AvgIpc) is 2.46. The SMILES string of the molecule is CC(C)C1CCN(c2ccccc2/C(N)=N/O)CC1. The Morgan fingerprint density at radius 2 is 1.95 bits per heavy atom. The van der Waals surface area contributed by atoms with Gasteiger partial charge in [0.1, 0.15) is 0 Å². The van der Waals surface area contributed by atoms with Crippen molar-refractivity contribution in [3.8, 4) is 0 Å². The first-order valence-corrected chi connectivity index (χ1v) is 6.95. The topological polar surface area (TPSA) is 61.8 Å². The van der Waals surface area contributed by atoms with Crippen molar-refractivity contribution in [3.63, 3.8) is 0 Å². The molecule has 1 fully saturated rings. The van der Waals surface area contributed by atoms with Crippen molar-refractivity contribution in [1.29, 1.82) is 0 Å². The molecule has 1 heterocycles. The van der Waals surface area contributed by atoms with Crippen molar-refractivity contribution in [2.24, 2.45) is 22.7 Å². The van der Waals surface area contributed by atoms with E-state index in [0.29, 0.717) is 0 Å². The molecule has 0 aliphatic carbocycles. The monoisotopic (exact) mass is 261 g/mol. The number of oxime groups is 1. The number of hydrogen-bond acceptors (Lipinski definition) is 3. The fraction of sp³-hybridized carbons (Fsp3) is 0.533. The van der Waals surface area contributed by atoms with Gasteiger partial charge < -0.3 is 15.8 Å². The summed E-state index contributed by atoms with van der Waals surface area (Å²) in [5.41, 5.74) is 7.63. The van der Waals surface area contributed by atoms with Crippen LogP contribution in [-0.2, 0) is 0 Å². The summed E-state index contributed by atoms with van der Waals surface area (Å²) >= 11 is 0. The van der Waals surface area contributed by atoms with E-state index >= 15 is 0 Å². The molecule has 0 saturated carbocycles. The van der Waals surface area contributed by atoms with Crippen LogP contribution in [0.1, 0.15) is 32.3 Å². The highest BCUT2D eigenvalue weighted by molar-refractivity contribution is 6.02. The Hall–Kier alpha value is -1.71. The Bertz CT molecular complexity index is 448. The van der Waals surface area contributed by atoms with Gasteiger partial charge in [-0.25, -0.2) is 0 Å². The molecule has 19 heavy (non-hydrogen) atoms. The number of hydrogen-bond donors (Lipinski definition) is 2. The van der Waals surface area contributed by atoms with Gasteiger partial charge in [-0.15, -0.1) is 0 Å². The summed E-state index contributed by atoms with van der Waals surface area (Å²) in [6.45, 7) is 6.67. The molecule has 3 N–H and O–H groups in total. The Kier molecular flexibility index (Phi) is 4.30. The number of amidine groups is 1. The number of benzene rings is 1. The van der Waals surface area contributed by atoms with Gasteiger partial charge in [-0.05, 0) is 36.8 Å². The molecule has 0 aromatic heterocycles. The lowest BCUT2D eigenvalue weighted by atomic mass is 9.86. The number of anilines is 1.